The van der Waals surface area contributed by atoms with Crippen molar-refractivity contribution < 1.29 is 14.7 Å². The Morgan fingerprint density at radius 3 is 2.11 bits per heavy atom. The second kappa shape index (κ2) is 6.83. The molecule has 4 rings (SSSR count). The van der Waals surface area contributed by atoms with Crippen LogP contribution in [-0.4, -0.2) is 58.5 Å². The number of nitrogens with two attached hydrogens (primary N) is 2. The summed E-state index contributed by atoms with van der Waals surface area (Å²) in [5.74, 6) is -0.270. The number of nitrogen functional groups attached to an aromatic ring is 2. The van der Waals surface area contributed by atoms with Gasteiger partial charge in [-0.25, -0.2) is 0 Å². The fraction of sp³-hybridized carbons (Fsp3) is 0.333. The summed E-state index contributed by atoms with van der Waals surface area (Å²) in [6.45, 7) is 1.82. The van der Waals surface area contributed by atoms with Crippen LogP contribution >= 0.6 is 0 Å². The first-order chi connectivity index (χ1) is 13.4. The Labute approximate surface area is 163 Å². The van der Waals surface area contributed by atoms with E-state index in [1.165, 1.54) is 0 Å². The molecule has 1 saturated carbocycles. The van der Waals surface area contributed by atoms with Gasteiger partial charge in [0.15, 0.2) is 0 Å². The molecule has 2 amide bonds. The summed E-state index contributed by atoms with van der Waals surface area (Å²) >= 11 is 0. The van der Waals surface area contributed by atoms with Gasteiger partial charge in [0.25, 0.3) is 11.8 Å². The zero-order valence-electron chi connectivity index (χ0n) is 15.6. The third-order valence-corrected chi connectivity index (χ3v) is 5.56. The van der Waals surface area contributed by atoms with Gasteiger partial charge in [-0.1, -0.05) is 24.3 Å². The largest absolute Gasteiger partial charge is 0.397 e. The van der Waals surface area contributed by atoms with E-state index < -0.39 is 5.60 Å². The van der Waals surface area contributed by atoms with E-state index in [1.807, 2.05) is 24.3 Å². The molecule has 0 aromatic heterocycles. The Morgan fingerprint density at radius 1 is 0.893 bits per heavy atom. The number of nitrogens with zero attached hydrogens (tertiary/aromatic N) is 2. The van der Waals surface area contributed by atoms with Gasteiger partial charge in [-0.3, -0.25) is 9.59 Å². The monoisotopic (exact) mass is 380 g/mol. The molecule has 2 aromatic rings. The predicted octanol–water partition coefficient (Wildman–Crippen LogP) is 1.33. The van der Waals surface area contributed by atoms with E-state index in [-0.39, 0.29) is 11.8 Å². The number of carbonyl (C=O) groups is 2. The molecule has 2 fully saturated rings. The average molecular weight is 380 g/mol. The lowest BCUT2D eigenvalue weighted by Gasteiger charge is -2.35. The second-order valence-electron chi connectivity index (χ2n) is 7.50. The van der Waals surface area contributed by atoms with Crippen molar-refractivity contribution in [3.63, 3.8) is 0 Å². The molecule has 2 aromatic carbocycles. The first-order valence-electron chi connectivity index (χ1n) is 9.44. The van der Waals surface area contributed by atoms with Crippen molar-refractivity contribution in [2.45, 2.75) is 18.4 Å². The van der Waals surface area contributed by atoms with Crippen LogP contribution in [-0.2, 0) is 4.79 Å². The van der Waals surface area contributed by atoms with Gasteiger partial charge >= 0.3 is 0 Å². The van der Waals surface area contributed by atoms with E-state index in [0.29, 0.717) is 56.0 Å². The highest BCUT2D eigenvalue weighted by Crippen LogP contribution is 2.37. The summed E-state index contributed by atoms with van der Waals surface area (Å²) in [4.78, 5) is 28.4. The summed E-state index contributed by atoms with van der Waals surface area (Å²) in [6, 6.07) is 12.8. The molecular formula is C21H24N4O3. The average Bonchev–Trinajstić information content (AvgIpc) is 3.48. The van der Waals surface area contributed by atoms with Gasteiger partial charge in [0, 0.05) is 37.3 Å². The summed E-state index contributed by atoms with van der Waals surface area (Å²) in [5.41, 5.74) is 14.2. The van der Waals surface area contributed by atoms with E-state index >= 15 is 0 Å². The van der Waals surface area contributed by atoms with Gasteiger partial charge in [-0.2, -0.15) is 0 Å². The minimum absolute atomic E-state index is 0.0654. The first-order valence-corrected chi connectivity index (χ1v) is 9.44. The predicted molar refractivity (Wildman–Crippen MR) is 107 cm³/mol. The summed E-state index contributed by atoms with van der Waals surface area (Å²) in [6.07, 6.45) is 1.07. The molecule has 0 spiro atoms. The zero-order chi connectivity index (χ0) is 19.9. The highest BCUT2D eigenvalue weighted by molar-refractivity contribution is 5.95. The van der Waals surface area contributed by atoms with Gasteiger partial charge in [0.1, 0.15) is 5.60 Å². The smallest absolute Gasteiger partial charge is 0.254 e. The zero-order valence-corrected chi connectivity index (χ0v) is 15.6. The van der Waals surface area contributed by atoms with Crippen LogP contribution in [0.25, 0.3) is 11.1 Å². The molecule has 0 atom stereocenters. The maximum absolute atomic E-state index is 12.8. The van der Waals surface area contributed by atoms with Crippen LogP contribution in [0.15, 0.2) is 42.5 Å². The Balaban J connectivity index is 1.42. The van der Waals surface area contributed by atoms with Crippen LogP contribution in [0, 0.1) is 0 Å². The maximum atomic E-state index is 12.8. The Kier molecular flexibility index (Phi) is 4.47. The van der Waals surface area contributed by atoms with E-state index in [4.69, 9.17) is 11.5 Å². The second-order valence-corrected chi connectivity index (χ2v) is 7.50. The Morgan fingerprint density at radius 2 is 1.50 bits per heavy atom. The molecule has 146 valence electrons. The molecule has 7 heteroatoms. The van der Waals surface area contributed by atoms with Crippen LogP contribution in [0.2, 0.25) is 0 Å². The number of anilines is 2. The van der Waals surface area contributed by atoms with Crippen molar-refractivity contribution >= 4 is 23.2 Å². The lowest BCUT2D eigenvalue weighted by Crippen LogP contribution is -2.53. The summed E-state index contributed by atoms with van der Waals surface area (Å²) < 4.78 is 0. The van der Waals surface area contributed by atoms with Gasteiger partial charge in [-0.15, -0.1) is 0 Å². The number of aliphatic hydroxyl groups is 1. The van der Waals surface area contributed by atoms with Crippen molar-refractivity contribution in [3.8, 4) is 11.1 Å². The van der Waals surface area contributed by atoms with Crippen molar-refractivity contribution in [1.29, 1.82) is 0 Å². The van der Waals surface area contributed by atoms with E-state index in [2.05, 4.69) is 0 Å². The van der Waals surface area contributed by atoms with Crippen molar-refractivity contribution in [1.82, 2.24) is 9.80 Å². The normalized spacial score (nSPS) is 18.0. The number of benzene rings is 2. The van der Waals surface area contributed by atoms with Gasteiger partial charge < -0.3 is 26.4 Å². The van der Waals surface area contributed by atoms with E-state index in [1.54, 1.807) is 28.0 Å². The number of rotatable bonds is 3. The summed E-state index contributed by atoms with van der Waals surface area (Å²) in [7, 11) is 0. The number of amides is 2. The molecule has 1 heterocycles. The minimum Gasteiger partial charge on any atom is -0.397 e. The quantitative estimate of drug-likeness (QED) is 0.695. The van der Waals surface area contributed by atoms with Crippen LogP contribution in [0.1, 0.15) is 23.2 Å². The fourth-order valence-corrected chi connectivity index (χ4v) is 3.55. The topological polar surface area (TPSA) is 113 Å². The van der Waals surface area contributed by atoms with Crippen LogP contribution in [0.5, 0.6) is 0 Å². The molecule has 1 aliphatic carbocycles. The van der Waals surface area contributed by atoms with Crippen molar-refractivity contribution in [3.05, 3.63) is 48.0 Å². The molecule has 0 bridgehead atoms. The van der Waals surface area contributed by atoms with Gasteiger partial charge in [-0.05, 0) is 36.6 Å². The SMILES string of the molecule is Nc1cccc(-c2ccc(C(=O)N3CCN(C(=O)C4(O)CC4)CC3)cc2)c1N. The number of hydrogen-bond donors (Lipinski definition) is 3. The fourth-order valence-electron chi connectivity index (χ4n) is 3.55. The highest BCUT2D eigenvalue weighted by atomic mass is 16.3. The molecule has 5 N–H and O–H groups in total. The van der Waals surface area contributed by atoms with E-state index in [9.17, 15) is 14.7 Å². The van der Waals surface area contributed by atoms with Crippen LogP contribution in [0.4, 0.5) is 11.4 Å². The molecule has 0 unspecified atom stereocenters. The van der Waals surface area contributed by atoms with Crippen LogP contribution < -0.4 is 11.5 Å². The third kappa shape index (κ3) is 3.29. The molecule has 1 saturated heterocycles. The number of carbonyl (C=O) groups excluding carboxylic acids is 2. The molecular weight excluding hydrogens is 356 g/mol. The number of hydrogen-bond acceptors (Lipinski definition) is 5. The molecule has 2 aliphatic rings. The molecule has 0 radical (unpaired) electrons. The summed E-state index contributed by atoms with van der Waals surface area (Å²) in [5, 5.41) is 9.97. The van der Waals surface area contributed by atoms with Gasteiger partial charge in [0.2, 0.25) is 0 Å². The Hall–Kier alpha value is -3.06. The van der Waals surface area contributed by atoms with Crippen LogP contribution in [0.3, 0.4) is 0 Å². The number of piperazine rings is 1. The Bertz CT molecular complexity index is 914. The minimum atomic E-state index is -1.15. The highest BCUT2D eigenvalue weighted by Gasteiger charge is 2.50. The molecule has 7 nitrogen and oxygen atoms in total. The maximum Gasteiger partial charge on any atom is 0.254 e. The van der Waals surface area contributed by atoms with Gasteiger partial charge in [0.05, 0.1) is 11.4 Å². The van der Waals surface area contributed by atoms with Crippen molar-refractivity contribution in [2.75, 3.05) is 37.6 Å². The standard InChI is InChI=1S/C21H24N4O3/c22-17-3-1-2-16(18(17)23)14-4-6-15(7-5-14)19(26)24-10-12-25(13-11-24)20(27)21(28)8-9-21/h1-7,28H,8-13,22-23H2. The molecule has 1 aliphatic heterocycles. The first kappa shape index (κ1) is 18.3. The molecule has 28 heavy (non-hydrogen) atoms. The lowest BCUT2D eigenvalue weighted by atomic mass is 10.0. The third-order valence-electron chi connectivity index (χ3n) is 5.56. The number of para-hydroxylation sites is 1. The lowest BCUT2D eigenvalue weighted by molar-refractivity contribution is -0.143. The van der Waals surface area contributed by atoms with Crippen molar-refractivity contribution in [2.24, 2.45) is 0 Å². The van der Waals surface area contributed by atoms with E-state index in [0.717, 1.165) is 11.1 Å².